The van der Waals surface area contributed by atoms with Gasteiger partial charge < -0.3 is 23.8 Å². The van der Waals surface area contributed by atoms with Crippen molar-refractivity contribution in [3.63, 3.8) is 0 Å². The number of hydrogen-bond acceptors (Lipinski definition) is 6. The molecule has 0 radical (unpaired) electrons. The molecule has 67 heavy (non-hydrogen) atoms. The van der Waals surface area contributed by atoms with Gasteiger partial charge in [0.2, 0.25) is 0 Å². The third kappa shape index (κ3) is 46.6. The van der Waals surface area contributed by atoms with Gasteiger partial charge in [-0.15, -0.1) is 0 Å². The lowest BCUT2D eigenvalue weighted by Gasteiger charge is -2.31. The van der Waals surface area contributed by atoms with Crippen LogP contribution in [0.3, 0.4) is 0 Å². The largest absolute Gasteiger partial charge is 0.477 e. The van der Waals surface area contributed by atoms with Gasteiger partial charge in [0, 0.05) is 19.3 Å². The molecule has 2 atom stereocenters. The summed E-state index contributed by atoms with van der Waals surface area (Å²) in [5.74, 6) is -1.56. The zero-order valence-electron chi connectivity index (χ0n) is 43.1. The number of unbranched alkanes of at least 4 members (excludes halogenated alkanes) is 11. The minimum Gasteiger partial charge on any atom is -0.477 e. The van der Waals surface area contributed by atoms with E-state index in [9.17, 15) is 19.5 Å². The number of ether oxygens (including phenoxy) is 3. The van der Waals surface area contributed by atoms with Crippen molar-refractivity contribution < 1.29 is 38.2 Å². The maximum absolute atomic E-state index is 12.8. The Morgan fingerprint density at radius 1 is 0.463 bits per heavy atom. The highest BCUT2D eigenvalue weighted by atomic mass is 16.6. The number of hydrogen-bond donors (Lipinski definition) is 1. The van der Waals surface area contributed by atoms with Crippen LogP contribution in [0.2, 0.25) is 0 Å². The molecule has 0 amide bonds. The summed E-state index contributed by atoms with van der Waals surface area (Å²) >= 11 is 0. The van der Waals surface area contributed by atoms with Crippen LogP contribution in [0, 0.1) is 0 Å². The molecule has 8 nitrogen and oxygen atoms in total. The van der Waals surface area contributed by atoms with Crippen LogP contribution < -0.4 is 0 Å². The summed E-state index contributed by atoms with van der Waals surface area (Å²) in [5.41, 5.74) is 0. The molecule has 2 unspecified atom stereocenters. The van der Waals surface area contributed by atoms with Gasteiger partial charge in [-0.3, -0.25) is 9.59 Å². The van der Waals surface area contributed by atoms with Gasteiger partial charge in [0.15, 0.2) is 12.1 Å². The zero-order chi connectivity index (χ0) is 49.2. The van der Waals surface area contributed by atoms with Gasteiger partial charge in [0.1, 0.15) is 6.61 Å². The quantitative estimate of drug-likeness (QED) is 0.0281. The van der Waals surface area contributed by atoms with Gasteiger partial charge in [-0.05, 0) is 109 Å². The third-order valence-corrected chi connectivity index (χ3v) is 10.8. The lowest BCUT2D eigenvalue weighted by Crippen LogP contribution is -2.50. The molecule has 0 fully saturated rings. The van der Waals surface area contributed by atoms with E-state index in [0.29, 0.717) is 19.3 Å². The zero-order valence-corrected chi connectivity index (χ0v) is 43.1. The van der Waals surface area contributed by atoms with E-state index >= 15 is 0 Å². The number of carboxylic acids is 1. The average Bonchev–Trinajstić information content (AvgIpc) is 3.29. The number of likely N-dealkylation sites (N-methyl/N-ethyl adjacent to an activating group) is 1. The second-order valence-electron chi connectivity index (χ2n) is 18.0. The standard InChI is InChI=1S/C59H95NO7/c1-6-8-10-12-14-16-18-20-22-24-26-28-30-31-33-35-37-39-41-43-45-47-49-57(61)66-54-55(53-65-52-51-56(59(63)64)60(3,4)5)67-58(62)50-48-46-44-42-40-38-36-34-32-29-27-25-23-21-19-17-15-13-11-9-7-2/h8,10,14-17,20-23,26-29,31,33-34,36,40,42,55-56H,6-7,9,11-13,18-19,24-25,30,32,35,37-39,41,43-54H2,1-5H3/p+1/b10-8+,16-14+,17-15+,22-20+,23-21+,28-26+,29-27+,33-31+,36-34+,42-40+. The predicted octanol–water partition coefficient (Wildman–Crippen LogP) is 15.4. The van der Waals surface area contributed by atoms with E-state index in [4.69, 9.17) is 14.2 Å². The number of nitrogens with zero attached hydrogens (tertiary/aromatic N) is 1. The van der Waals surface area contributed by atoms with Gasteiger partial charge in [0.25, 0.3) is 0 Å². The number of aliphatic carboxylic acids is 1. The first-order valence-corrected chi connectivity index (χ1v) is 26.1. The fourth-order valence-corrected chi connectivity index (χ4v) is 6.84. The fraction of sp³-hybridized carbons (Fsp3) is 0.610. The van der Waals surface area contributed by atoms with Crippen LogP contribution in [-0.4, -0.2) is 80.6 Å². The normalized spacial score (nSPS) is 13.9. The Labute approximate surface area is 410 Å². The topological polar surface area (TPSA) is 99.1 Å². The van der Waals surface area contributed by atoms with E-state index in [0.717, 1.165) is 103 Å². The fourth-order valence-electron chi connectivity index (χ4n) is 6.84. The minimum atomic E-state index is -0.889. The molecule has 0 aliphatic carbocycles. The summed E-state index contributed by atoms with van der Waals surface area (Å²) in [6, 6.07) is -0.634. The Balaban J connectivity index is 4.39. The molecule has 0 saturated heterocycles. The number of esters is 2. The average molecular weight is 931 g/mol. The van der Waals surface area contributed by atoms with Crippen molar-refractivity contribution in [2.45, 2.75) is 193 Å². The van der Waals surface area contributed by atoms with Gasteiger partial charge in [-0.25, -0.2) is 4.79 Å². The molecule has 0 heterocycles. The molecule has 0 aliphatic rings. The smallest absolute Gasteiger partial charge is 0.362 e. The summed E-state index contributed by atoms with van der Waals surface area (Å²) in [6.07, 6.45) is 68.2. The summed E-state index contributed by atoms with van der Waals surface area (Å²) in [4.78, 5) is 37.2. The molecule has 0 rings (SSSR count). The van der Waals surface area contributed by atoms with Gasteiger partial charge in [-0.1, -0.05) is 174 Å². The van der Waals surface area contributed by atoms with Crippen LogP contribution in [0.4, 0.5) is 0 Å². The number of carboxylic acid groups (broad SMARTS) is 1. The first-order valence-electron chi connectivity index (χ1n) is 26.1. The van der Waals surface area contributed by atoms with Crippen molar-refractivity contribution in [1.82, 2.24) is 0 Å². The number of rotatable bonds is 45. The van der Waals surface area contributed by atoms with E-state index in [1.165, 1.54) is 38.5 Å². The third-order valence-electron chi connectivity index (χ3n) is 10.8. The van der Waals surface area contributed by atoms with Crippen molar-refractivity contribution in [2.24, 2.45) is 0 Å². The van der Waals surface area contributed by atoms with Gasteiger partial charge >= 0.3 is 17.9 Å². The molecule has 0 saturated carbocycles. The summed E-state index contributed by atoms with van der Waals surface area (Å²) in [7, 11) is 5.50. The summed E-state index contributed by atoms with van der Waals surface area (Å²) in [5, 5.41) is 9.66. The Kier molecular flexibility index (Phi) is 45.1. The molecule has 1 N–H and O–H groups in total. The number of allylic oxidation sites excluding steroid dienone is 20. The second-order valence-corrected chi connectivity index (χ2v) is 18.0. The first kappa shape index (κ1) is 62.7. The van der Waals surface area contributed by atoms with Crippen LogP contribution in [0.25, 0.3) is 0 Å². The Bertz CT molecular complexity index is 1500. The molecule has 378 valence electrons. The molecule has 0 bridgehead atoms. The Morgan fingerprint density at radius 2 is 0.836 bits per heavy atom. The van der Waals surface area contributed by atoms with E-state index in [1.54, 1.807) is 0 Å². The molecular weight excluding hydrogens is 835 g/mol. The van der Waals surface area contributed by atoms with Gasteiger partial charge in [0.05, 0.1) is 34.4 Å². The van der Waals surface area contributed by atoms with Crippen molar-refractivity contribution in [3.05, 3.63) is 122 Å². The van der Waals surface area contributed by atoms with E-state index in [1.807, 2.05) is 21.1 Å². The van der Waals surface area contributed by atoms with Crippen LogP contribution in [0.1, 0.15) is 181 Å². The highest BCUT2D eigenvalue weighted by molar-refractivity contribution is 5.72. The van der Waals surface area contributed by atoms with Crippen LogP contribution in [0.15, 0.2) is 122 Å². The van der Waals surface area contributed by atoms with Crippen LogP contribution in [-0.2, 0) is 28.6 Å². The van der Waals surface area contributed by atoms with Crippen LogP contribution >= 0.6 is 0 Å². The monoisotopic (exact) mass is 931 g/mol. The van der Waals surface area contributed by atoms with Crippen molar-refractivity contribution in [2.75, 3.05) is 41.0 Å². The highest BCUT2D eigenvalue weighted by Crippen LogP contribution is 2.13. The molecule has 0 aliphatic heterocycles. The number of carbonyl (C=O) groups is 3. The van der Waals surface area contributed by atoms with Crippen LogP contribution in [0.5, 0.6) is 0 Å². The summed E-state index contributed by atoms with van der Waals surface area (Å²) in [6.45, 7) is 4.52. The molecular formula is C59H96NO7+. The van der Waals surface area contributed by atoms with Crippen molar-refractivity contribution in [1.29, 1.82) is 0 Å². The molecule has 0 aromatic carbocycles. The molecule has 0 aromatic rings. The maximum atomic E-state index is 12.8. The van der Waals surface area contributed by atoms with Gasteiger partial charge in [-0.2, -0.15) is 0 Å². The minimum absolute atomic E-state index is 0.0301. The maximum Gasteiger partial charge on any atom is 0.362 e. The Morgan fingerprint density at radius 3 is 1.27 bits per heavy atom. The van der Waals surface area contributed by atoms with E-state index in [-0.39, 0.29) is 42.7 Å². The lowest BCUT2D eigenvalue weighted by atomic mass is 10.1. The van der Waals surface area contributed by atoms with E-state index in [2.05, 4.69) is 135 Å². The molecule has 0 spiro atoms. The second kappa shape index (κ2) is 48.2. The van der Waals surface area contributed by atoms with Crippen molar-refractivity contribution >= 4 is 17.9 Å². The Hall–Kier alpha value is -4.27. The first-order chi connectivity index (χ1) is 32.6. The molecule has 8 heteroatoms. The van der Waals surface area contributed by atoms with E-state index < -0.39 is 18.1 Å². The number of quaternary nitrogens is 1. The summed E-state index contributed by atoms with van der Waals surface area (Å²) < 4.78 is 17.3. The SMILES string of the molecule is CC/C=C/C/C=C/C/C=C/C/C=C/C/C=C/CCCCCCCCC(=O)OCC(COCCC(C(=O)O)[N+](C)(C)C)OC(=O)CCCC/C=C/C/C=C/C/C=C/C/C=C/C/C=C/CCCCC. The lowest BCUT2D eigenvalue weighted by molar-refractivity contribution is -0.887. The molecule has 0 aromatic heterocycles. The number of carbonyl (C=O) groups excluding carboxylic acids is 2. The highest BCUT2D eigenvalue weighted by Gasteiger charge is 2.31. The van der Waals surface area contributed by atoms with Crippen molar-refractivity contribution in [3.8, 4) is 0 Å². The predicted molar refractivity (Wildman–Crippen MR) is 284 cm³/mol.